The first kappa shape index (κ1) is 14.4. The van der Waals surface area contributed by atoms with E-state index >= 15 is 0 Å². The number of likely N-dealkylation sites (N-methyl/N-ethyl adjacent to an activating group) is 2. The van der Waals surface area contributed by atoms with Gasteiger partial charge in [0, 0.05) is 38.9 Å². The van der Waals surface area contributed by atoms with Crippen LogP contribution < -0.4 is 5.32 Å². The van der Waals surface area contributed by atoms with Gasteiger partial charge in [-0.05, 0) is 14.1 Å². The highest BCUT2D eigenvalue weighted by molar-refractivity contribution is 7.89. The predicted octanol–water partition coefficient (Wildman–Crippen LogP) is -0.961. The van der Waals surface area contributed by atoms with Crippen LogP contribution in [0.5, 0.6) is 0 Å². The lowest BCUT2D eigenvalue weighted by Gasteiger charge is -2.31. The van der Waals surface area contributed by atoms with Crippen LogP contribution in [0.25, 0.3) is 0 Å². The Balaban J connectivity index is 2.08. The van der Waals surface area contributed by atoms with E-state index in [9.17, 15) is 8.42 Å². The Bertz CT molecular complexity index is 505. The van der Waals surface area contributed by atoms with Crippen LogP contribution in [0.4, 0.5) is 0 Å². The number of hydrogen-bond donors (Lipinski definition) is 1. The van der Waals surface area contributed by atoms with Crippen molar-refractivity contribution in [2.45, 2.75) is 11.4 Å². The molecule has 8 heteroatoms. The molecule has 0 atom stereocenters. The number of sulfonamides is 1. The summed E-state index contributed by atoms with van der Waals surface area (Å²) in [5.74, 6) is 0. The summed E-state index contributed by atoms with van der Waals surface area (Å²) in [6, 6.07) is 0. The third kappa shape index (κ3) is 3.33. The van der Waals surface area contributed by atoms with Gasteiger partial charge in [-0.15, -0.1) is 0 Å². The minimum Gasteiger partial charge on any atom is -0.318 e. The normalized spacial score (nSPS) is 18.8. The quantitative estimate of drug-likeness (QED) is 0.755. The average molecular weight is 287 g/mol. The third-order valence-corrected chi connectivity index (χ3v) is 5.15. The molecule has 2 heterocycles. The third-order valence-electron chi connectivity index (χ3n) is 3.30. The molecule has 1 saturated heterocycles. The largest absolute Gasteiger partial charge is 0.318 e. The van der Waals surface area contributed by atoms with Crippen molar-refractivity contribution in [2.75, 3.05) is 46.8 Å². The fourth-order valence-corrected chi connectivity index (χ4v) is 3.38. The van der Waals surface area contributed by atoms with E-state index in [1.807, 2.05) is 14.1 Å². The number of nitrogens with zero attached hydrogens (tertiary/aromatic N) is 4. The van der Waals surface area contributed by atoms with E-state index < -0.39 is 10.0 Å². The highest BCUT2D eigenvalue weighted by Gasteiger charge is 2.28. The molecule has 1 N–H and O–H groups in total. The van der Waals surface area contributed by atoms with Crippen molar-refractivity contribution >= 4 is 10.0 Å². The molecule has 7 nitrogen and oxygen atoms in total. The summed E-state index contributed by atoms with van der Waals surface area (Å²) in [6.45, 7) is 4.05. The van der Waals surface area contributed by atoms with Crippen molar-refractivity contribution in [3.05, 3.63) is 12.4 Å². The van der Waals surface area contributed by atoms with Crippen molar-refractivity contribution in [2.24, 2.45) is 0 Å². The van der Waals surface area contributed by atoms with Gasteiger partial charge in [0.15, 0.2) is 0 Å². The zero-order chi connectivity index (χ0) is 13.9. The summed E-state index contributed by atoms with van der Waals surface area (Å²) in [5, 5.41) is 7.10. The van der Waals surface area contributed by atoms with Gasteiger partial charge in [-0.2, -0.15) is 9.40 Å². The van der Waals surface area contributed by atoms with Crippen molar-refractivity contribution in [3.63, 3.8) is 0 Å². The second kappa shape index (κ2) is 6.00. The first-order chi connectivity index (χ1) is 9.04. The topological polar surface area (TPSA) is 70.5 Å². The molecule has 2 rings (SSSR count). The van der Waals surface area contributed by atoms with Crippen LogP contribution in [0.3, 0.4) is 0 Å². The number of rotatable bonds is 5. The Kier molecular flexibility index (Phi) is 4.56. The van der Waals surface area contributed by atoms with E-state index in [1.54, 1.807) is 10.9 Å². The zero-order valence-electron chi connectivity index (χ0n) is 11.4. The molecule has 1 aromatic rings. The van der Waals surface area contributed by atoms with Gasteiger partial charge in [-0.25, -0.2) is 8.42 Å². The molecule has 0 radical (unpaired) electrons. The van der Waals surface area contributed by atoms with Crippen molar-refractivity contribution in [1.82, 2.24) is 24.3 Å². The van der Waals surface area contributed by atoms with Gasteiger partial charge < -0.3 is 10.2 Å². The maximum absolute atomic E-state index is 12.4. The minimum absolute atomic E-state index is 0.285. The van der Waals surface area contributed by atoms with E-state index in [-0.39, 0.29) is 4.90 Å². The molecule has 0 amide bonds. The molecule has 0 bridgehead atoms. The SMILES string of the molecule is CNCCn1cc(S(=O)(=O)N2CCN(C)CC2)cn1. The Morgan fingerprint density at radius 3 is 2.63 bits per heavy atom. The van der Waals surface area contributed by atoms with Gasteiger partial charge >= 0.3 is 0 Å². The summed E-state index contributed by atoms with van der Waals surface area (Å²) >= 11 is 0. The maximum Gasteiger partial charge on any atom is 0.246 e. The van der Waals surface area contributed by atoms with Gasteiger partial charge in [-0.1, -0.05) is 0 Å². The molecule has 108 valence electrons. The molecule has 19 heavy (non-hydrogen) atoms. The Morgan fingerprint density at radius 2 is 2.00 bits per heavy atom. The first-order valence-corrected chi connectivity index (χ1v) is 7.84. The van der Waals surface area contributed by atoms with Crippen LogP contribution in [-0.4, -0.2) is 74.2 Å². The zero-order valence-corrected chi connectivity index (χ0v) is 12.2. The fraction of sp³-hybridized carbons (Fsp3) is 0.727. The van der Waals surface area contributed by atoms with Crippen molar-refractivity contribution < 1.29 is 8.42 Å². The van der Waals surface area contributed by atoms with Crippen LogP contribution in [0.15, 0.2) is 17.3 Å². The number of nitrogens with one attached hydrogen (secondary N) is 1. The Hall–Kier alpha value is -0.960. The summed E-state index contributed by atoms with van der Waals surface area (Å²) in [6.07, 6.45) is 3.04. The van der Waals surface area contributed by atoms with Gasteiger partial charge in [-0.3, -0.25) is 4.68 Å². The van der Waals surface area contributed by atoms with E-state index in [1.165, 1.54) is 10.5 Å². The maximum atomic E-state index is 12.4. The highest BCUT2D eigenvalue weighted by atomic mass is 32.2. The highest BCUT2D eigenvalue weighted by Crippen LogP contribution is 2.16. The van der Waals surface area contributed by atoms with Crippen LogP contribution in [0.1, 0.15) is 0 Å². The van der Waals surface area contributed by atoms with Crippen LogP contribution in [-0.2, 0) is 16.6 Å². The van der Waals surface area contributed by atoms with Gasteiger partial charge in [0.05, 0.1) is 12.7 Å². The molecule has 0 saturated carbocycles. The smallest absolute Gasteiger partial charge is 0.246 e. The Morgan fingerprint density at radius 1 is 1.32 bits per heavy atom. The summed E-state index contributed by atoms with van der Waals surface area (Å²) in [7, 11) is 0.466. The molecule has 0 spiro atoms. The van der Waals surface area contributed by atoms with Crippen molar-refractivity contribution in [3.8, 4) is 0 Å². The summed E-state index contributed by atoms with van der Waals surface area (Å²) in [5.41, 5.74) is 0. The minimum atomic E-state index is -3.39. The second-order valence-corrected chi connectivity index (χ2v) is 6.69. The lowest BCUT2D eigenvalue weighted by atomic mass is 10.4. The molecule has 1 fully saturated rings. The van der Waals surface area contributed by atoms with E-state index in [2.05, 4.69) is 15.3 Å². The predicted molar refractivity (Wildman–Crippen MR) is 72.4 cm³/mol. The van der Waals surface area contributed by atoms with E-state index in [4.69, 9.17) is 0 Å². The molecule has 0 unspecified atom stereocenters. The number of piperazine rings is 1. The van der Waals surface area contributed by atoms with Gasteiger partial charge in [0.1, 0.15) is 4.90 Å². The monoisotopic (exact) mass is 287 g/mol. The lowest BCUT2D eigenvalue weighted by molar-refractivity contribution is 0.222. The summed E-state index contributed by atoms with van der Waals surface area (Å²) < 4.78 is 28.0. The van der Waals surface area contributed by atoms with Gasteiger partial charge in [0.2, 0.25) is 10.0 Å². The molecular weight excluding hydrogens is 266 g/mol. The summed E-state index contributed by atoms with van der Waals surface area (Å²) in [4.78, 5) is 2.41. The average Bonchev–Trinajstić information content (AvgIpc) is 2.86. The molecule has 1 aromatic heterocycles. The number of aromatic nitrogens is 2. The van der Waals surface area contributed by atoms with Crippen LogP contribution in [0, 0.1) is 0 Å². The van der Waals surface area contributed by atoms with Gasteiger partial charge in [0.25, 0.3) is 0 Å². The second-order valence-electron chi connectivity index (χ2n) is 4.75. The van der Waals surface area contributed by atoms with Crippen LogP contribution in [0.2, 0.25) is 0 Å². The fourth-order valence-electron chi connectivity index (χ4n) is 2.00. The molecular formula is C11H21N5O2S. The Labute approximate surface area is 114 Å². The molecule has 1 aliphatic heterocycles. The van der Waals surface area contributed by atoms with E-state index in [0.717, 1.165) is 19.6 Å². The van der Waals surface area contributed by atoms with Crippen LogP contribution >= 0.6 is 0 Å². The van der Waals surface area contributed by atoms with E-state index in [0.29, 0.717) is 19.6 Å². The molecule has 1 aliphatic rings. The lowest BCUT2D eigenvalue weighted by Crippen LogP contribution is -2.46. The van der Waals surface area contributed by atoms with Crippen molar-refractivity contribution in [1.29, 1.82) is 0 Å². The first-order valence-electron chi connectivity index (χ1n) is 6.40. The molecule has 0 aliphatic carbocycles. The standard InChI is InChI=1S/C11H21N5O2S/c1-12-3-4-15-10-11(9-13-15)19(17,18)16-7-5-14(2)6-8-16/h9-10,12H,3-8H2,1-2H3. The molecule has 0 aromatic carbocycles. The number of hydrogen-bond acceptors (Lipinski definition) is 5.